The molecule has 0 spiro atoms. The molecule has 0 aliphatic heterocycles. The van der Waals surface area contributed by atoms with Crippen molar-refractivity contribution in [3.8, 4) is 0 Å². The van der Waals surface area contributed by atoms with E-state index in [9.17, 15) is 4.39 Å². The van der Waals surface area contributed by atoms with Crippen molar-refractivity contribution in [3.63, 3.8) is 0 Å². The van der Waals surface area contributed by atoms with Crippen LogP contribution in [0.1, 0.15) is 5.56 Å². The van der Waals surface area contributed by atoms with Crippen molar-refractivity contribution in [3.05, 3.63) is 62.3 Å². The zero-order valence-electron chi connectivity index (χ0n) is 9.18. The van der Waals surface area contributed by atoms with Gasteiger partial charge >= 0.3 is 0 Å². The summed E-state index contributed by atoms with van der Waals surface area (Å²) >= 11 is 15.1. The van der Waals surface area contributed by atoms with Crippen LogP contribution in [0, 0.1) is 5.82 Å². The third-order valence-corrected chi connectivity index (χ3v) is 3.47. The Bertz CT molecular complexity index is 575. The summed E-state index contributed by atoms with van der Waals surface area (Å²) < 4.78 is 14.5. The Morgan fingerprint density at radius 1 is 1.11 bits per heavy atom. The van der Waals surface area contributed by atoms with Crippen molar-refractivity contribution < 1.29 is 4.39 Å². The molecule has 0 saturated carbocycles. The van der Waals surface area contributed by atoms with E-state index in [-0.39, 0.29) is 5.82 Å². The lowest BCUT2D eigenvalue weighted by Gasteiger charge is -2.09. The van der Waals surface area contributed by atoms with E-state index in [0.717, 1.165) is 10.2 Å². The fourth-order valence-corrected chi connectivity index (χ4v) is 2.19. The van der Waals surface area contributed by atoms with Gasteiger partial charge in [0, 0.05) is 21.6 Å². The van der Waals surface area contributed by atoms with Crippen LogP contribution in [0.25, 0.3) is 0 Å². The minimum absolute atomic E-state index is 0.332. The van der Waals surface area contributed by atoms with Crippen LogP contribution < -0.4 is 5.32 Å². The first kappa shape index (κ1) is 13.7. The molecule has 0 heterocycles. The lowest BCUT2D eigenvalue weighted by molar-refractivity contribution is 0.613. The fourth-order valence-electron chi connectivity index (χ4n) is 1.49. The molecule has 1 nitrogen and oxygen atoms in total. The second-order valence-electron chi connectivity index (χ2n) is 3.71. The molecule has 18 heavy (non-hydrogen) atoms. The molecule has 0 bridgehead atoms. The number of halogens is 4. The molecule has 0 unspecified atom stereocenters. The first-order valence-electron chi connectivity index (χ1n) is 5.19. The molecule has 0 atom stereocenters. The summed E-state index contributed by atoms with van der Waals surface area (Å²) in [6.45, 7) is 0.346. The average molecular weight is 349 g/mol. The van der Waals surface area contributed by atoms with Gasteiger partial charge in [-0.25, -0.2) is 4.39 Å². The topological polar surface area (TPSA) is 12.0 Å². The van der Waals surface area contributed by atoms with Gasteiger partial charge in [0.05, 0.1) is 10.7 Å². The number of rotatable bonds is 3. The Morgan fingerprint density at radius 2 is 1.89 bits per heavy atom. The van der Waals surface area contributed by atoms with E-state index in [2.05, 4.69) is 21.2 Å². The molecule has 2 rings (SSSR count). The molecule has 0 aromatic heterocycles. The molecule has 0 radical (unpaired) electrons. The smallest absolute Gasteiger partial charge is 0.129 e. The first-order chi connectivity index (χ1) is 8.56. The molecular formula is C13H9BrCl2FN. The maximum absolute atomic E-state index is 13.6. The molecular weight excluding hydrogens is 340 g/mol. The van der Waals surface area contributed by atoms with E-state index >= 15 is 0 Å². The van der Waals surface area contributed by atoms with Crippen LogP contribution in [0.2, 0.25) is 10.0 Å². The zero-order valence-corrected chi connectivity index (χ0v) is 12.3. The average Bonchev–Trinajstić information content (AvgIpc) is 2.32. The Balaban J connectivity index is 2.13. The van der Waals surface area contributed by atoms with Gasteiger partial charge in [0.15, 0.2) is 0 Å². The van der Waals surface area contributed by atoms with Crippen LogP contribution in [-0.2, 0) is 6.54 Å². The van der Waals surface area contributed by atoms with E-state index in [0.29, 0.717) is 22.2 Å². The summed E-state index contributed by atoms with van der Waals surface area (Å²) in [5.74, 6) is -0.332. The lowest BCUT2D eigenvalue weighted by atomic mass is 10.2. The van der Waals surface area contributed by atoms with Crippen LogP contribution in [0.15, 0.2) is 40.9 Å². The first-order valence-corrected chi connectivity index (χ1v) is 6.74. The van der Waals surface area contributed by atoms with Crippen LogP contribution in [0.5, 0.6) is 0 Å². The maximum Gasteiger partial charge on any atom is 0.129 e. The molecule has 2 aromatic carbocycles. The number of hydrogen-bond acceptors (Lipinski definition) is 1. The normalized spacial score (nSPS) is 10.4. The summed E-state index contributed by atoms with van der Waals surface area (Å²) in [6, 6.07) is 10.1. The minimum atomic E-state index is -0.332. The van der Waals surface area contributed by atoms with Crippen LogP contribution in [0.3, 0.4) is 0 Å². The van der Waals surface area contributed by atoms with Crippen molar-refractivity contribution in [2.45, 2.75) is 6.54 Å². The quantitative estimate of drug-likeness (QED) is 0.771. The molecule has 0 aliphatic rings. The second kappa shape index (κ2) is 5.91. The minimum Gasteiger partial charge on any atom is -0.380 e. The van der Waals surface area contributed by atoms with Gasteiger partial charge in [0.2, 0.25) is 0 Å². The monoisotopic (exact) mass is 347 g/mol. The summed E-state index contributed by atoms with van der Waals surface area (Å²) in [5, 5.41) is 4.06. The number of benzene rings is 2. The highest BCUT2D eigenvalue weighted by Gasteiger charge is 2.05. The maximum atomic E-state index is 13.6. The van der Waals surface area contributed by atoms with Gasteiger partial charge in [-0.3, -0.25) is 0 Å². The van der Waals surface area contributed by atoms with Crippen molar-refractivity contribution in [1.82, 2.24) is 0 Å². The molecule has 0 aliphatic carbocycles. The highest BCUT2D eigenvalue weighted by Crippen LogP contribution is 2.26. The predicted octanol–water partition coefficient (Wildman–Crippen LogP) is 5.51. The Morgan fingerprint density at radius 3 is 2.61 bits per heavy atom. The molecule has 5 heteroatoms. The molecule has 94 valence electrons. The van der Waals surface area contributed by atoms with E-state index in [1.807, 2.05) is 12.1 Å². The van der Waals surface area contributed by atoms with Gasteiger partial charge in [-0.1, -0.05) is 45.2 Å². The summed E-state index contributed by atoms with van der Waals surface area (Å²) in [5.41, 5.74) is 1.29. The molecule has 1 N–H and O–H groups in total. The van der Waals surface area contributed by atoms with E-state index in [1.54, 1.807) is 18.2 Å². The third-order valence-electron chi connectivity index (χ3n) is 2.41. The highest BCUT2D eigenvalue weighted by atomic mass is 79.9. The predicted molar refractivity (Wildman–Crippen MR) is 77.9 cm³/mol. The van der Waals surface area contributed by atoms with E-state index in [1.165, 1.54) is 6.07 Å². The lowest BCUT2D eigenvalue weighted by Crippen LogP contribution is -2.02. The SMILES string of the molecule is Fc1cc(Cl)ccc1CNc1cc(Br)ccc1Cl. The highest BCUT2D eigenvalue weighted by molar-refractivity contribution is 9.10. The number of nitrogens with one attached hydrogen (secondary N) is 1. The largest absolute Gasteiger partial charge is 0.380 e. The molecule has 0 fully saturated rings. The van der Waals surface area contributed by atoms with E-state index in [4.69, 9.17) is 23.2 Å². The van der Waals surface area contributed by atoms with Crippen molar-refractivity contribution >= 4 is 44.8 Å². The van der Waals surface area contributed by atoms with Crippen molar-refractivity contribution in [2.75, 3.05) is 5.32 Å². The number of anilines is 1. The standard InChI is InChI=1S/C13H9BrCl2FN/c14-9-2-4-11(16)13(5-9)18-7-8-1-3-10(15)6-12(8)17/h1-6,18H,7H2. The Kier molecular flexibility index (Phi) is 4.49. The summed E-state index contributed by atoms with van der Waals surface area (Å²) in [4.78, 5) is 0. The van der Waals surface area contributed by atoms with Gasteiger partial charge in [0.1, 0.15) is 5.82 Å². The zero-order chi connectivity index (χ0) is 13.1. The van der Waals surface area contributed by atoms with Gasteiger partial charge in [-0.05, 0) is 30.3 Å². The number of hydrogen-bond donors (Lipinski definition) is 1. The summed E-state index contributed by atoms with van der Waals surface area (Å²) in [6.07, 6.45) is 0. The third kappa shape index (κ3) is 3.37. The summed E-state index contributed by atoms with van der Waals surface area (Å²) in [7, 11) is 0. The van der Waals surface area contributed by atoms with Crippen molar-refractivity contribution in [1.29, 1.82) is 0 Å². The molecule has 0 saturated heterocycles. The van der Waals surface area contributed by atoms with Gasteiger partial charge < -0.3 is 5.32 Å². The van der Waals surface area contributed by atoms with Gasteiger partial charge in [-0.2, -0.15) is 0 Å². The molecule has 0 amide bonds. The van der Waals surface area contributed by atoms with Gasteiger partial charge in [-0.15, -0.1) is 0 Å². The Hall–Kier alpha value is -0.770. The van der Waals surface area contributed by atoms with E-state index < -0.39 is 0 Å². The van der Waals surface area contributed by atoms with Crippen LogP contribution in [-0.4, -0.2) is 0 Å². The van der Waals surface area contributed by atoms with Gasteiger partial charge in [0.25, 0.3) is 0 Å². The molecule has 2 aromatic rings. The second-order valence-corrected chi connectivity index (χ2v) is 5.47. The Labute approximate surface area is 123 Å². The van der Waals surface area contributed by atoms with Crippen LogP contribution in [0.4, 0.5) is 10.1 Å². The van der Waals surface area contributed by atoms with Crippen molar-refractivity contribution in [2.24, 2.45) is 0 Å². The van der Waals surface area contributed by atoms with Crippen LogP contribution >= 0.6 is 39.1 Å². The fraction of sp³-hybridized carbons (Fsp3) is 0.0769.